The van der Waals surface area contributed by atoms with Gasteiger partial charge < -0.3 is 9.67 Å². The Morgan fingerprint density at radius 1 is 0.900 bits per heavy atom. The van der Waals surface area contributed by atoms with Crippen LogP contribution in [0.3, 0.4) is 0 Å². The van der Waals surface area contributed by atoms with E-state index in [0.29, 0.717) is 12.1 Å². The van der Waals surface area contributed by atoms with Crippen molar-refractivity contribution in [2.45, 2.75) is 6.54 Å². The van der Waals surface area contributed by atoms with Crippen molar-refractivity contribution in [2.24, 2.45) is 5.10 Å². The molecule has 5 rings (SSSR count). The molecule has 2 heterocycles. The molecule has 30 heavy (non-hydrogen) atoms. The third-order valence-electron chi connectivity index (χ3n) is 4.86. The Hall–Kier alpha value is -4.26. The molecule has 3 aromatic carbocycles. The van der Waals surface area contributed by atoms with E-state index >= 15 is 0 Å². The van der Waals surface area contributed by atoms with Crippen molar-refractivity contribution in [3.05, 3.63) is 90.0 Å². The number of aromatic nitrogens is 4. The number of hydrogen-bond acceptors (Lipinski definition) is 6. The molecule has 0 radical (unpaired) electrons. The molecule has 7 nitrogen and oxygen atoms in total. The number of nitrogens with zero attached hydrogens (tertiary/aromatic N) is 5. The summed E-state index contributed by atoms with van der Waals surface area (Å²) in [5.74, 6) is 0.437. The van der Waals surface area contributed by atoms with E-state index in [9.17, 15) is 5.11 Å². The summed E-state index contributed by atoms with van der Waals surface area (Å²) in [4.78, 5) is 4.66. The van der Waals surface area contributed by atoms with E-state index < -0.39 is 0 Å². The second-order valence-corrected chi connectivity index (χ2v) is 6.83. The van der Waals surface area contributed by atoms with E-state index in [1.807, 2.05) is 42.5 Å². The lowest BCUT2D eigenvalue weighted by molar-refractivity contribution is 0.474. The Kier molecular flexibility index (Phi) is 4.53. The van der Waals surface area contributed by atoms with Crippen LogP contribution >= 0.6 is 0 Å². The normalized spacial score (nSPS) is 11.5. The molecule has 146 valence electrons. The zero-order valence-electron chi connectivity index (χ0n) is 16.0. The minimum Gasteiger partial charge on any atom is -0.507 e. The van der Waals surface area contributed by atoms with Crippen molar-refractivity contribution in [3.63, 3.8) is 0 Å². The lowest BCUT2D eigenvalue weighted by Gasteiger charge is -2.07. The van der Waals surface area contributed by atoms with Gasteiger partial charge in [-0.1, -0.05) is 60.7 Å². The monoisotopic (exact) mass is 394 g/mol. The Bertz CT molecular complexity index is 1360. The largest absolute Gasteiger partial charge is 0.507 e. The summed E-state index contributed by atoms with van der Waals surface area (Å²) in [7, 11) is 0. The molecule has 0 atom stereocenters. The number of hydrogen-bond donors (Lipinski definition) is 2. The minimum atomic E-state index is 0.153. The van der Waals surface area contributed by atoms with Crippen LogP contribution in [-0.4, -0.2) is 31.1 Å². The molecular weight excluding hydrogens is 376 g/mol. The third-order valence-corrected chi connectivity index (χ3v) is 4.86. The molecule has 0 bridgehead atoms. The highest BCUT2D eigenvalue weighted by molar-refractivity contribution is 6.04. The van der Waals surface area contributed by atoms with E-state index in [4.69, 9.17) is 0 Å². The van der Waals surface area contributed by atoms with Gasteiger partial charge in [-0.05, 0) is 23.8 Å². The van der Waals surface area contributed by atoms with Crippen LogP contribution in [-0.2, 0) is 6.54 Å². The van der Waals surface area contributed by atoms with Gasteiger partial charge in [-0.15, -0.1) is 10.2 Å². The smallest absolute Gasteiger partial charge is 0.265 e. The van der Waals surface area contributed by atoms with Gasteiger partial charge in [0, 0.05) is 17.5 Å². The Balaban J connectivity index is 1.53. The van der Waals surface area contributed by atoms with Gasteiger partial charge in [0.05, 0.1) is 11.7 Å². The molecule has 5 aromatic rings. The van der Waals surface area contributed by atoms with Crippen molar-refractivity contribution >= 4 is 34.2 Å². The summed E-state index contributed by atoms with van der Waals surface area (Å²) < 4.78 is 2.13. The first-order valence-corrected chi connectivity index (χ1v) is 9.52. The van der Waals surface area contributed by atoms with Crippen LogP contribution in [0.4, 0.5) is 5.95 Å². The fraction of sp³-hybridized carbons (Fsp3) is 0.0435. The number of phenols is 1. The standard InChI is InChI=1S/C23H18N6O/c30-20-13-7-4-10-17(20)14-24-27-23-25-22-21(26-28-23)18-11-5-6-12-19(18)29(22)15-16-8-2-1-3-9-16/h1-14,30H,15H2,(H,25,27,28). The van der Waals surface area contributed by atoms with Crippen molar-refractivity contribution in [2.75, 3.05) is 5.43 Å². The predicted octanol–water partition coefficient (Wildman–Crippen LogP) is 4.18. The number of fused-ring (bicyclic) bond motifs is 3. The fourth-order valence-electron chi connectivity index (χ4n) is 3.43. The Labute approximate surface area is 172 Å². The molecule has 7 heteroatoms. The number of phenolic OH excluding ortho intramolecular Hbond substituents is 1. The molecular formula is C23H18N6O. The molecule has 2 N–H and O–H groups in total. The zero-order valence-corrected chi connectivity index (χ0v) is 16.0. The molecule has 0 fully saturated rings. The number of anilines is 1. The molecule has 0 spiro atoms. The molecule has 0 saturated carbocycles. The number of para-hydroxylation sites is 2. The van der Waals surface area contributed by atoms with Gasteiger partial charge in [0.25, 0.3) is 5.95 Å². The van der Waals surface area contributed by atoms with Gasteiger partial charge in [-0.3, -0.25) is 0 Å². The van der Waals surface area contributed by atoms with Crippen LogP contribution in [0.15, 0.2) is 84.0 Å². The van der Waals surface area contributed by atoms with Crippen LogP contribution in [0.25, 0.3) is 22.1 Å². The summed E-state index contributed by atoms with van der Waals surface area (Å²) in [6.45, 7) is 0.671. The van der Waals surface area contributed by atoms with Crippen molar-refractivity contribution in [1.29, 1.82) is 0 Å². The third kappa shape index (κ3) is 3.33. The van der Waals surface area contributed by atoms with Gasteiger partial charge in [0.15, 0.2) is 5.65 Å². The highest BCUT2D eigenvalue weighted by atomic mass is 16.3. The van der Waals surface area contributed by atoms with Crippen LogP contribution < -0.4 is 5.43 Å². The number of nitrogens with one attached hydrogen (secondary N) is 1. The van der Waals surface area contributed by atoms with Gasteiger partial charge in [-0.2, -0.15) is 10.1 Å². The van der Waals surface area contributed by atoms with E-state index in [-0.39, 0.29) is 11.7 Å². The topological polar surface area (TPSA) is 88.2 Å². The van der Waals surface area contributed by atoms with Gasteiger partial charge >= 0.3 is 0 Å². The first-order valence-electron chi connectivity index (χ1n) is 9.52. The molecule has 0 aliphatic heterocycles. The Morgan fingerprint density at radius 2 is 1.67 bits per heavy atom. The lowest BCUT2D eigenvalue weighted by atomic mass is 10.2. The average Bonchev–Trinajstić information content (AvgIpc) is 3.09. The molecule has 0 saturated heterocycles. The maximum atomic E-state index is 9.84. The fourth-order valence-corrected chi connectivity index (χ4v) is 3.43. The number of aromatic hydroxyl groups is 1. The first kappa shape index (κ1) is 17.8. The minimum absolute atomic E-state index is 0.153. The molecule has 0 aliphatic carbocycles. The molecule has 0 aliphatic rings. The van der Waals surface area contributed by atoms with Gasteiger partial charge in [-0.25, -0.2) is 5.43 Å². The van der Waals surface area contributed by atoms with E-state index in [0.717, 1.165) is 22.1 Å². The van der Waals surface area contributed by atoms with E-state index in [2.05, 4.69) is 48.5 Å². The number of hydrazone groups is 1. The number of rotatable bonds is 5. The summed E-state index contributed by atoms with van der Waals surface area (Å²) in [6, 6.07) is 25.3. The number of benzene rings is 3. The summed E-state index contributed by atoms with van der Waals surface area (Å²) >= 11 is 0. The quantitative estimate of drug-likeness (QED) is 0.345. The van der Waals surface area contributed by atoms with Crippen LogP contribution in [0, 0.1) is 0 Å². The Morgan fingerprint density at radius 3 is 2.53 bits per heavy atom. The van der Waals surface area contributed by atoms with E-state index in [1.165, 1.54) is 11.8 Å². The van der Waals surface area contributed by atoms with Gasteiger partial charge in [0.1, 0.15) is 11.3 Å². The maximum Gasteiger partial charge on any atom is 0.265 e. The van der Waals surface area contributed by atoms with Crippen LogP contribution in [0.1, 0.15) is 11.1 Å². The highest BCUT2D eigenvalue weighted by Crippen LogP contribution is 2.27. The second kappa shape index (κ2) is 7.63. The summed E-state index contributed by atoms with van der Waals surface area (Å²) in [5.41, 5.74) is 7.10. The van der Waals surface area contributed by atoms with Crippen molar-refractivity contribution < 1.29 is 5.11 Å². The zero-order chi connectivity index (χ0) is 20.3. The van der Waals surface area contributed by atoms with Crippen molar-refractivity contribution in [3.8, 4) is 5.75 Å². The SMILES string of the molecule is Oc1ccccc1C=NNc1nnc2c3ccccc3n(Cc3ccccc3)c2n1. The van der Waals surface area contributed by atoms with Crippen molar-refractivity contribution in [1.82, 2.24) is 19.7 Å². The predicted molar refractivity (Wildman–Crippen MR) is 118 cm³/mol. The average molecular weight is 394 g/mol. The maximum absolute atomic E-state index is 9.84. The first-order chi connectivity index (χ1) is 14.8. The lowest BCUT2D eigenvalue weighted by Crippen LogP contribution is -2.04. The summed E-state index contributed by atoms with van der Waals surface area (Å²) in [6.07, 6.45) is 1.52. The highest BCUT2D eigenvalue weighted by Gasteiger charge is 2.14. The molecule has 2 aromatic heterocycles. The van der Waals surface area contributed by atoms with E-state index in [1.54, 1.807) is 18.2 Å². The summed E-state index contributed by atoms with van der Waals surface area (Å²) in [5, 5.41) is 23.6. The van der Waals surface area contributed by atoms with Crippen LogP contribution in [0.5, 0.6) is 5.75 Å². The van der Waals surface area contributed by atoms with Gasteiger partial charge in [0.2, 0.25) is 0 Å². The molecule has 0 unspecified atom stereocenters. The van der Waals surface area contributed by atoms with Crippen LogP contribution in [0.2, 0.25) is 0 Å². The molecule has 0 amide bonds. The second-order valence-electron chi connectivity index (χ2n) is 6.83.